The molecule has 0 unspecified atom stereocenters. The summed E-state index contributed by atoms with van der Waals surface area (Å²) in [6, 6.07) is -0.156. The third-order valence-electron chi connectivity index (χ3n) is 3.19. The lowest BCUT2D eigenvalue weighted by Crippen LogP contribution is -2.39. The first-order chi connectivity index (χ1) is 9.74. The number of amides is 1. The van der Waals surface area contributed by atoms with E-state index in [4.69, 9.17) is 11.6 Å². The van der Waals surface area contributed by atoms with E-state index in [0.717, 1.165) is 25.1 Å². The third kappa shape index (κ3) is 2.98. The molecule has 1 atom stereocenters. The standard InChI is InChI=1S/C11H12ClN5OS2/c12-9-7(15-16-20-9)6-17-4-1-2-8(17)10(18)14-11-13-3-5-19-11/h3,5,8H,1-2,4,6H2,(H,13,14,18)/t8-/m1/s1. The number of halogens is 1. The van der Waals surface area contributed by atoms with Crippen LogP contribution in [0.15, 0.2) is 11.6 Å². The van der Waals surface area contributed by atoms with Gasteiger partial charge in [0.25, 0.3) is 0 Å². The van der Waals surface area contributed by atoms with Gasteiger partial charge in [0.05, 0.1) is 6.04 Å². The first kappa shape index (κ1) is 13.9. The number of carbonyl (C=O) groups is 1. The number of hydrogen-bond donors (Lipinski definition) is 1. The fraction of sp³-hybridized carbons (Fsp3) is 0.455. The van der Waals surface area contributed by atoms with Gasteiger partial charge in [0.1, 0.15) is 10.0 Å². The number of aromatic nitrogens is 3. The molecule has 9 heteroatoms. The average molecular weight is 330 g/mol. The van der Waals surface area contributed by atoms with Crippen molar-refractivity contribution in [3.05, 3.63) is 21.6 Å². The van der Waals surface area contributed by atoms with E-state index < -0.39 is 0 Å². The molecular formula is C11H12ClN5OS2. The van der Waals surface area contributed by atoms with E-state index >= 15 is 0 Å². The van der Waals surface area contributed by atoms with Gasteiger partial charge in [-0.2, -0.15) is 0 Å². The largest absolute Gasteiger partial charge is 0.301 e. The molecular weight excluding hydrogens is 318 g/mol. The molecule has 0 aromatic carbocycles. The average Bonchev–Trinajstić information content (AvgIpc) is 3.13. The molecule has 1 amide bonds. The highest BCUT2D eigenvalue weighted by molar-refractivity contribution is 7.13. The highest BCUT2D eigenvalue weighted by Gasteiger charge is 2.31. The Kier molecular flexibility index (Phi) is 4.25. The monoisotopic (exact) mass is 329 g/mol. The molecule has 0 bridgehead atoms. The molecule has 3 rings (SSSR count). The van der Waals surface area contributed by atoms with Crippen LogP contribution in [0.1, 0.15) is 18.5 Å². The number of thiazole rings is 1. The van der Waals surface area contributed by atoms with Gasteiger partial charge in [-0.15, -0.1) is 16.4 Å². The molecule has 6 nitrogen and oxygen atoms in total. The van der Waals surface area contributed by atoms with E-state index in [9.17, 15) is 4.79 Å². The van der Waals surface area contributed by atoms with Crippen LogP contribution >= 0.6 is 34.5 Å². The molecule has 106 valence electrons. The predicted molar refractivity (Wildman–Crippen MR) is 79.1 cm³/mol. The van der Waals surface area contributed by atoms with Crippen LogP contribution in [0.4, 0.5) is 5.13 Å². The second-order valence-corrected chi connectivity index (χ2v) is 6.70. The minimum absolute atomic E-state index is 0.0169. The zero-order valence-corrected chi connectivity index (χ0v) is 12.8. The summed E-state index contributed by atoms with van der Waals surface area (Å²) in [6.07, 6.45) is 3.50. The second kappa shape index (κ2) is 6.13. The second-order valence-electron chi connectivity index (χ2n) is 4.45. The van der Waals surface area contributed by atoms with E-state index in [2.05, 4.69) is 24.8 Å². The molecule has 0 spiro atoms. The minimum Gasteiger partial charge on any atom is -0.301 e. The Hall–Kier alpha value is -1.09. The maximum absolute atomic E-state index is 12.3. The van der Waals surface area contributed by atoms with Gasteiger partial charge < -0.3 is 5.32 Å². The Balaban J connectivity index is 1.66. The molecule has 2 aromatic rings. The minimum atomic E-state index is -0.156. The molecule has 0 saturated carbocycles. The first-order valence-corrected chi connectivity index (χ1v) is 8.18. The highest BCUT2D eigenvalue weighted by atomic mass is 35.5. The molecule has 1 aliphatic rings. The van der Waals surface area contributed by atoms with E-state index in [-0.39, 0.29) is 11.9 Å². The number of likely N-dealkylation sites (tertiary alicyclic amines) is 1. The molecule has 0 radical (unpaired) electrons. The molecule has 1 N–H and O–H groups in total. The van der Waals surface area contributed by atoms with Gasteiger partial charge in [0, 0.05) is 29.7 Å². The number of carbonyl (C=O) groups excluding carboxylic acids is 1. The van der Waals surface area contributed by atoms with Crippen molar-refractivity contribution in [1.82, 2.24) is 19.5 Å². The maximum Gasteiger partial charge on any atom is 0.243 e. The van der Waals surface area contributed by atoms with E-state index in [1.807, 2.05) is 5.38 Å². The lowest BCUT2D eigenvalue weighted by atomic mass is 10.2. The summed E-state index contributed by atoms with van der Waals surface area (Å²) in [4.78, 5) is 18.4. The van der Waals surface area contributed by atoms with Crippen molar-refractivity contribution < 1.29 is 4.79 Å². The third-order valence-corrected chi connectivity index (χ3v) is 4.86. The van der Waals surface area contributed by atoms with Crippen molar-refractivity contribution in [1.29, 1.82) is 0 Å². The molecule has 20 heavy (non-hydrogen) atoms. The zero-order chi connectivity index (χ0) is 13.9. The summed E-state index contributed by atoms with van der Waals surface area (Å²) in [6.45, 7) is 1.43. The fourth-order valence-corrected chi connectivity index (χ4v) is 3.41. The summed E-state index contributed by atoms with van der Waals surface area (Å²) in [7, 11) is 0. The fourth-order valence-electron chi connectivity index (χ4n) is 2.27. The van der Waals surface area contributed by atoms with Crippen molar-refractivity contribution in [3.63, 3.8) is 0 Å². The Morgan fingerprint density at radius 1 is 1.60 bits per heavy atom. The van der Waals surface area contributed by atoms with E-state index in [1.165, 1.54) is 22.9 Å². The Morgan fingerprint density at radius 2 is 2.50 bits per heavy atom. The summed E-state index contributed by atoms with van der Waals surface area (Å²) in [5.74, 6) is -0.0169. The van der Waals surface area contributed by atoms with E-state index in [1.54, 1.807) is 6.20 Å². The van der Waals surface area contributed by atoms with Gasteiger partial charge in [0.2, 0.25) is 5.91 Å². The normalized spacial score (nSPS) is 19.4. The number of nitrogens with zero attached hydrogens (tertiary/aromatic N) is 4. The van der Waals surface area contributed by atoms with E-state index in [0.29, 0.717) is 16.0 Å². The maximum atomic E-state index is 12.3. The van der Waals surface area contributed by atoms with Gasteiger partial charge >= 0.3 is 0 Å². The lowest BCUT2D eigenvalue weighted by molar-refractivity contribution is -0.120. The van der Waals surface area contributed by atoms with Gasteiger partial charge in [-0.3, -0.25) is 9.69 Å². The predicted octanol–water partition coefficient (Wildman–Crippen LogP) is 2.25. The van der Waals surface area contributed by atoms with Crippen LogP contribution in [0.5, 0.6) is 0 Å². The van der Waals surface area contributed by atoms with Crippen LogP contribution in [-0.4, -0.2) is 38.0 Å². The molecule has 1 saturated heterocycles. The van der Waals surface area contributed by atoms with Crippen LogP contribution in [0.3, 0.4) is 0 Å². The molecule has 1 aliphatic heterocycles. The van der Waals surface area contributed by atoms with Crippen LogP contribution in [0, 0.1) is 0 Å². The molecule has 3 heterocycles. The highest BCUT2D eigenvalue weighted by Crippen LogP contribution is 2.25. The number of hydrogen-bond acceptors (Lipinski definition) is 7. The number of nitrogens with one attached hydrogen (secondary N) is 1. The Morgan fingerprint density at radius 3 is 3.20 bits per heavy atom. The zero-order valence-electron chi connectivity index (χ0n) is 10.5. The van der Waals surface area contributed by atoms with Crippen molar-refractivity contribution in [2.45, 2.75) is 25.4 Å². The summed E-state index contributed by atoms with van der Waals surface area (Å²) in [5.41, 5.74) is 0.741. The van der Waals surface area contributed by atoms with Crippen LogP contribution < -0.4 is 5.32 Å². The molecule has 0 aliphatic carbocycles. The van der Waals surface area contributed by atoms with Gasteiger partial charge in [-0.1, -0.05) is 16.1 Å². The van der Waals surface area contributed by atoms with Gasteiger partial charge in [-0.05, 0) is 19.4 Å². The van der Waals surface area contributed by atoms with Gasteiger partial charge in [0.15, 0.2) is 5.13 Å². The number of anilines is 1. The Labute approximate surface area is 128 Å². The van der Waals surface area contributed by atoms with Crippen molar-refractivity contribution >= 4 is 45.5 Å². The smallest absolute Gasteiger partial charge is 0.243 e. The summed E-state index contributed by atoms with van der Waals surface area (Å²) in [5, 5.41) is 9.32. The topological polar surface area (TPSA) is 71.0 Å². The summed E-state index contributed by atoms with van der Waals surface area (Å²) >= 11 is 8.60. The van der Waals surface area contributed by atoms with Gasteiger partial charge in [-0.25, -0.2) is 4.98 Å². The first-order valence-electron chi connectivity index (χ1n) is 6.15. The summed E-state index contributed by atoms with van der Waals surface area (Å²) < 4.78 is 4.41. The van der Waals surface area contributed by atoms with Crippen molar-refractivity contribution in [2.75, 3.05) is 11.9 Å². The molecule has 1 fully saturated rings. The van der Waals surface area contributed by atoms with Crippen molar-refractivity contribution in [3.8, 4) is 0 Å². The quantitative estimate of drug-likeness (QED) is 0.931. The van der Waals surface area contributed by atoms with Crippen molar-refractivity contribution in [2.24, 2.45) is 0 Å². The SMILES string of the molecule is O=C(Nc1nccs1)[C@H]1CCCN1Cc1nnsc1Cl. The lowest BCUT2D eigenvalue weighted by Gasteiger charge is -2.22. The van der Waals surface area contributed by atoms with Crippen LogP contribution in [-0.2, 0) is 11.3 Å². The Bertz CT molecular complexity index is 587. The van der Waals surface area contributed by atoms with Crippen LogP contribution in [0.25, 0.3) is 0 Å². The van der Waals surface area contributed by atoms with Crippen LogP contribution in [0.2, 0.25) is 4.34 Å². The number of rotatable bonds is 4. The molecule has 2 aromatic heterocycles.